The number of likely N-dealkylation sites (N-methyl/N-ethyl adjacent to an activating group) is 1. The second-order valence-electron chi connectivity index (χ2n) is 14.2. The number of aromatic hydroxyl groups is 1. The molecule has 1 aromatic carbocycles. The molecule has 1 saturated carbocycles. The maximum Gasteiger partial charge on any atom is 0.305 e. The van der Waals surface area contributed by atoms with Crippen LogP contribution in [0.4, 0.5) is 0 Å². The molecule has 5 N–H and O–H groups in total. The number of carbonyl (C=O) groups is 4. The van der Waals surface area contributed by atoms with E-state index in [2.05, 4.69) is 5.32 Å². The first-order chi connectivity index (χ1) is 21.5. The van der Waals surface area contributed by atoms with Crippen LogP contribution in [-0.4, -0.2) is 105 Å². The molecule has 1 amide bonds. The Bertz CT molecular complexity index is 1550. The average Bonchev–Trinajstić information content (AvgIpc) is 3.50. The molecule has 250 valence electrons. The maximum atomic E-state index is 14.6. The topological polar surface area (TPSA) is 177 Å². The van der Waals surface area contributed by atoms with E-state index in [1.165, 1.54) is 19.0 Å². The Morgan fingerprint density at radius 3 is 2.30 bits per heavy atom. The summed E-state index contributed by atoms with van der Waals surface area (Å²) in [5.41, 5.74) is -3.60. The Morgan fingerprint density at radius 1 is 1.11 bits per heavy atom. The number of phenolic OH excluding ortho intramolecular Hbond substituents is 1. The van der Waals surface area contributed by atoms with Crippen LogP contribution >= 0.6 is 0 Å². The number of rotatable bonds is 6. The number of likely N-dealkylation sites (tertiary alicyclic amines) is 1. The molecule has 4 aliphatic rings. The Kier molecular flexibility index (Phi) is 8.63. The summed E-state index contributed by atoms with van der Waals surface area (Å²) in [7, 11) is 3.06. The molecule has 2 fully saturated rings. The van der Waals surface area contributed by atoms with Gasteiger partial charge in [0.05, 0.1) is 24.2 Å². The molecule has 1 saturated heterocycles. The second-order valence-corrected chi connectivity index (χ2v) is 14.2. The predicted octanol–water partition coefficient (Wildman–Crippen LogP) is 2.44. The molecule has 5 rings (SSSR count). The summed E-state index contributed by atoms with van der Waals surface area (Å²) < 4.78 is 5.94. The van der Waals surface area contributed by atoms with Crippen LogP contribution in [0.1, 0.15) is 76.5 Å². The largest absolute Gasteiger partial charge is 0.508 e. The smallest absolute Gasteiger partial charge is 0.305 e. The highest BCUT2D eigenvalue weighted by molar-refractivity contribution is 6.25. The highest BCUT2D eigenvalue weighted by Gasteiger charge is 2.69. The standard InChI is InChI=1S/C34H45N3O9/c1-8-19(38)46-29-20-16(2)17-11-12-18(33(3,4)5)26(39)21(17)27(40)22(20)30(42)34(45)24(29)25(36(6)7)28(41)23(31(34)43)32(44)35-15-37-13-9-10-14-37/h11-12,16,20,24-25,29,39-40,43,45H,8-10,13-15H2,1-7H3,(H,35,44)/t16-,20+,24+,25-,29-,34-/m0/s1. The number of esters is 1. The Hall–Kier alpha value is -3.74. The van der Waals surface area contributed by atoms with Gasteiger partial charge in [0.2, 0.25) is 5.78 Å². The zero-order valence-electron chi connectivity index (χ0n) is 27.5. The van der Waals surface area contributed by atoms with Crippen LogP contribution in [0.2, 0.25) is 0 Å². The number of hydrogen-bond acceptors (Lipinski definition) is 11. The van der Waals surface area contributed by atoms with Crippen LogP contribution in [0.3, 0.4) is 0 Å². The molecule has 1 aromatic rings. The molecule has 1 aliphatic heterocycles. The molecular weight excluding hydrogens is 594 g/mol. The number of ketones is 2. The van der Waals surface area contributed by atoms with Gasteiger partial charge < -0.3 is 30.5 Å². The van der Waals surface area contributed by atoms with E-state index < -0.39 is 81.4 Å². The number of aliphatic hydroxyl groups excluding tert-OH is 2. The zero-order valence-corrected chi connectivity index (χ0v) is 27.5. The van der Waals surface area contributed by atoms with Gasteiger partial charge in [0.15, 0.2) is 11.4 Å². The minimum Gasteiger partial charge on any atom is -0.508 e. The molecule has 1 heterocycles. The van der Waals surface area contributed by atoms with Gasteiger partial charge in [-0.05, 0) is 56.9 Å². The van der Waals surface area contributed by atoms with Crippen molar-refractivity contribution in [3.63, 3.8) is 0 Å². The predicted molar refractivity (Wildman–Crippen MR) is 168 cm³/mol. The van der Waals surface area contributed by atoms with Crippen molar-refractivity contribution in [2.45, 2.75) is 83.0 Å². The first-order valence-electron chi connectivity index (χ1n) is 15.9. The van der Waals surface area contributed by atoms with Gasteiger partial charge in [-0.15, -0.1) is 0 Å². The molecule has 12 heteroatoms. The van der Waals surface area contributed by atoms with Crippen molar-refractivity contribution in [1.82, 2.24) is 15.1 Å². The molecular formula is C34H45N3O9. The first kappa shape index (κ1) is 33.6. The minimum absolute atomic E-state index is 0.00485. The SMILES string of the molecule is CCC(=O)O[C@H]1[C@H]2C(=C(O)c3c(ccc(C(C)(C)C)c3O)[C@@H]2C)C(=O)[C@]2(O)C(O)=C(C(=O)NCN3CCCC3)C(=O)[C@@H](N(C)C)[C@H]12. The number of Topliss-reactive ketones (excluding diaryl/α,β-unsaturated/α-hetero) is 2. The monoisotopic (exact) mass is 639 g/mol. The van der Waals surface area contributed by atoms with Crippen molar-refractivity contribution in [2.24, 2.45) is 11.8 Å². The number of ether oxygens (including phenoxy) is 1. The van der Waals surface area contributed by atoms with Crippen LogP contribution in [0.25, 0.3) is 5.76 Å². The number of nitrogens with zero attached hydrogens (tertiary/aromatic N) is 2. The van der Waals surface area contributed by atoms with Crippen LogP contribution in [-0.2, 0) is 29.3 Å². The third-order valence-electron chi connectivity index (χ3n) is 10.1. The summed E-state index contributed by atoms with van der Waals surface area (Å²) in [5.74, 6) is -8.90. The fourth-order valence-electron chi connectivity index (χ4n) is 7.76. The van der Waals surface area contributed by atoms with Gasteiger partial charge in [-0.2, -0.15) is 0 Å². The number of nitrogens with one attached hydrogen (secondary N) is 1. The summed E-state index contributed by atoms with van der Waals surface area (Å²) in [6.45, 7) is 10.5. The molecule has 0 radical (unpaired) electrons. The van der Waals surface area contributed by atoms with E-state index in [9.17, 15) is 39.6 Å². The lowest BCUT2D eigenvalue weighted by Gasteiger charge is -2.54. The van der Waals surface area contributed by atoms with Crippen LogP contribution in [0, 0.1) is 11.8 Å². The lowest BCUT2D eigenvalue weighted by molar-refractivity contribution is -0.185. The van der Waals surface area contributed by atoms with Gasteiger partial charge in [0.25, 0.3) is 5.91 Å². The Balaban J connectivity index is 1.76. The number of fused-ring (bicyclic) bond motifs is 3. The van der Waals surface area contributed by atoms with Gasteiger partial charge in [0.1, 0.15) is 28.9 Å². The molecule has 6 atom stereocenters. The lowest BCUT2D eigenvalue weighted by atomic mass is 9.54. The summed E-state index contributed by atoms with van der Waals surface area (Å²) in [6.07, 6.45) is 0.439. The number of aliphatic hydroxyl groups is 3. The van der Waals surface area contributed by atoms with Gasteiger partial charge in [-0.1, -0.05) is 46.8 Å². The third-order valence-corrected chi connectivity index (χ3v) is 10.1. The fourth-order valence-corrected chi connectivity index (χ4v) is 7.76. The quantitative estimate of drug-likeness (QED) is 0.228. The zero-order chi connectivity index (χ0) is 34.0. The van der Waals surface area contributed by atoms with E-state index in [-0.39, 0.29) is 30.0 Å². The molecule has 3 aliphatic carbocycles. The Morgan fingerprint density at radius 2 is 1.74 bits per heavy atom. The van der Waals surface area contributed by atoms with Crippen molar-refractivity contribution in [1.29, 1.82) is 0 Å². The number of hydrogen-bond donors (Lipinski definition) is 5. The summed E-state index contributed by atoms with van der Waals surface area (Å²) in [6, 6.07) is 2.11. The highest BCUT2D eigenvalue weighted by Crippen LogP contribution is 2.57. The number of benzene rings is 1. The molecule has 12 nitrogen and oxygen atoms in total. The van der Waals surface area contributed by atoms with Crippen molar-refractivity contribution in [3.8, 4) is 5.75 Å². The van der Waals surface area contributed by atoms with Gasteiger partial charge in [0, 0.05) is 23.5 Å². The minimum atomic E-state index is -2.93. The normalized spacial score (nSPS) is 29.9. The van der Waals surface area contributed by atoms with Gasteiger partial charge >= 0.3 is 5.97 Å². The van der Waals surface area contributed by atoms with E-state index in [1.54, 1.807) is 26.0 Å². The van der Waals surface area contributed by atoms with Crippen molar-refractivity contribution in [2.75, 3.05) is 33.9 Å². The lowest BCUT2D eigenvalue weighted by Crippen LogP contribution is -2.71. The molecule has 0 bridgehead atoms. The highest BCUT2D eigenvalue weighted by atomic mass is 16.5. The van der Waals surface area contributed by atoms with Gasteiger partial charge in [-0.3, -0.25) is 29.0 Å². The molecule has 0 spiro atoms. The van der Waals surface area contributed by atoms with Crippen molar-refractivity contribution >= 4 is 29.2 Å². The maximum absolute atomic E-state index is 14.6. The van der Waals surface area contributed by atoms with Crippen LogP contribution in [0.5, 0.6) is 5.75 Å². The first-order valence-corrected chi connectivity index (χ1v) is 15.9. The van der Waals surface area contributed by atoms with E-state index in [4.69, 9.17) is 4.74 Å². The summed E-state index contributed by atoms with van der Waals surface area (Å²) >= 11 is 0. The summed E-state index contributed by atoms with van der Waals surface area (Å²) in [4.78, 5) is 58.6. The van der Waals surface area contributed by atoms with Gasteiger partial charge in [-0.25, -0.2) is 0 Å². The van der Waals surface area contributed by atoms with Crippen LogP contribution in [0.15, 0.2) is 29.0 Å². The molecule has 46 heavy (non-hydrogen) atoms. The van der Waals surface area contributed by atoms with E-state index in [1.807, 2.05) is 25.7 Å². The van der Waals surface area contributed by atoms with E-state index in [0.717, 1.165) is 25.9 Å². The van der Waals surface area contributed by atoms with E-state index >= 15 is 0 Å². The number of phenols is 1. The second kappa shape index (κ2) is 11.8. The van der Waals surface area contributed by atoms with Crippen molar-refractivity contribution in [3.05, 3.63) is 45.7 Å². The number of amides is 1. The summed E-state index contributed by atoms with van der Waals surface area (Å²) in [5, 5.41) is 50.0. The molecule has 0 unspecified atom stereocenters. The third kappa shape index (κ3) is 5.01. The molecule has 0 aromatic heterocycles. The number of carbonyl (C=O) groups excluding carboxylic acids is 4. The average molecular weight is 640 g/mol. The fraction of sp³-hybridized carbons (Fsp3) is 0.588. The van der Waals surface area contributed by atoms with Crippen molar-refractivity contribution < 1.29 is 44.3 Å². The van der Waals surface area contributed by atoms with Crippen LogP contribution < -0.4 is 5.32 Å². The van der Waals surface area contributed by atoms with E-state index in [0.29, 0.717) is 11.1 Å². The Labute approximate surface area is 268 Å².